The Labute approximate surface area is 123 Å². The number of nitrogen functional groups attached to an aromatic ring is 1. The molecule has 1 saturated heterocycles. The van der Waals surface area contributed by atoms with Gasteiger partial charge in [-0.25, -0.2) is 4.98 Å². The van der Waals surface area contributed by atoms with Crippen LogP contribution in [0, 0.1) is 6.92 Å². The Hall–Kier alpha value is -1.59. The number of aryl methyl sites for hydroxylation is 1. The van der Waals surface area contributed by atoms with Gasteiger partial charge in [0.15, 0.2) is 5.13 Å². The van der Waals surface area contributed by atoms with E-state index in [1.165, 1.54) is 22.6 Å². The van der Waals surface area contributed by atoms with E-state index in [1.807, 2.05) is 0 Å². The van der Waals surface area contributed by atoms with Crippen LogP contribution in [0.15, 0.2) is 29.6 Å². The number of thiazole rings is 1. The summed E-state index contributed by atoms with van der Waals surface area (Å²) >= 11 is 1.52. The molecule has 20 heavy (non-hydrogen) atoms. The van der Waals surface area contributed by atoms with Gasteiger partial charge in [-0.2, -0.15) is 0 Å². The molecule has 106 valence electrons. The van der Waals surface area contributed by atoms with Gasteiger partial charge in [0.2, 0.25) is 0 Å². The molecule has 0 atom stereocenters. The third kappa shape index (κ3) is 3.11. The van der Waals surface area contributed by atoms with E-state index in [0.717, 1.165) is 38.4 Å². The summed E-state index contributed by atoms with van der Waals surface area (Å²) in [5.74, 6) is 0. The minimum Gasteiger partial charge on any atom is -0.375 e. The Kier molecular flexibility index (Phi) is 3.89. The molecule has 0 aliphatic carbocycles. The summed E-state index contributed by atoms with van der Waals surface area (Å²) in [5, 5.41) is 2.72. The van der Waals surface area contributed by atoms with Crippen LogP contribution in [0.2, 0.25) is 0 Å². The number of nitrogens with zero attached hydrogens (tertiary/aromatic N) is 3. The zero-order valence-corrected chi connectivity index (χ0v) is 12.6. The van der Waals surface area contributed by atoms with Crippen molar-refractivity contribution in [2.45, 2.75) is 13.5 Å². The monoisotopic (exact) mass is 288 g/mol. The first-order chi connectivity index (χ1) is 9.70. The van der Waals surface area contributed by atoms with Crippen molar-refractivity contribution in [3.8, 4) is 0 Å². The third-order valence-corrected chi connectivity index (χ3v) is 4.42. The van der Waals surface area contributed by atoms with E-state index in [-0.39, 0.29) is 0 Å². The second-order valence-corrected chi connectivity index (χ2v) is 6.17. The summed E-state index contributed by atoms with van der Waals surface area (Å²) < 4.78 is 0. The van der Waals surface area contributed by atoms with Crippen LogP contribution in [-0.4, -0.2) is 36.1 Å². The van der Waals surface area contributed by atoms with Gasteiger partial charge in [-0.1, -0.05) is 12.1 Å². The van der Waals surface area contributed by atoms with Gasteiger partial charge >= 0.3 is 0 Å². The normalized spacial score (nSPS) is 16.6. The molecule has 2 aromatic rings. The van der Waals surface area contributed by atoms with Crippen molar-refractivity contribution in [2.24, 2.45) is 0 Å². The van der Waals surface area contributed by atoms with E-state index >= 15 is 0 Å². The molecule has 1 aromatic carbocycles. The Morgan fingerprint density at radius 2 is 2.05 bits per heavy atom. The molecule has 2 heterocycles. The minimum atomic E-state index is 0.665. The molecule has 1 aromatic heterocycles. The zero-order valence-electron chi connectivity index (χ0n) is 11.7. The first kappa shape index (κ1) is 13.4. The van der Waals surface area contributed by atoms with Gasteiger partial charge in [0, 0.05) is 43.8 Å². The van der Waals surface area contributed by atoms with Crippen LogP contribution in [0.3, 0.4) is 0 Å². The van der Waals surface area contributed by atoms with Crippen molar-refractivity contribution in [1.29, 1.82) is 0 Å². The highest BCUT2D eigenvalue weighted by atomic mass is 32.1. The molecular formula is C15H20N4S. The van der Waals surface area contributed by atoms with Crippen LogP contribution >= 0.6 is 11.3 Å². The highest BCUT2D eigenvalue weighted by Crippen LogP contribution is 2.19. The lowest BCUT2D eigenvalue weighted by Gasteiger charge is -2.35. The van der Waals surface area contributed by atoms with Crippen molar-refractivity contribution in [1.82, 2.24) is 9.88 Å². The second-order valence-electron chi connectivity index (χ2n) is 5.28. The molecule has 0 radical (unpaired) electrons. The fourth-order valence-electron chi connectivity index (χ4n) is 2.61. The van der Waals surface area contributed by atoms with Crippen LogP contribution in [-0.2, 0) is 6.54 Å². The van der Waals surface area contributed by atoms with Gasteiger partial charge in [-0.05, 0) is 24.6 Å². The lowest BCUT2D eigenvalue weighted by molar-refractivity contribution is 0.247. The number of benzene rings is 1. The van der Waals surface area contributed by atoms with Crippen molar-refractivity contribution in [3.05, 3.63) is 40.9 Å². The van der Waals surface area contributed by atoms with Crippen LogP contribution in [0.1, 0.15) is 11.3 Å². The van der Waals surface area contributed by atoms with E-state index < -0.39 is 0 Å². The topological polar surface area (TPSA) is 45.4 Å². The van der Waals surface area contributed by atoms with E-state index in [9.17, 15) is 0 Å². The van der Waals surface area contributed by atoms with Crippen LogP contribution in [0.25, 0.3) is 0 Å². The molecule has 0 amide bonds. The van der Waals surface area contributed by atoms with E-state index in [0.29, 0.717) is 5.13 Å². The Balaban J connectivity index is 1.57. The first-order valence-corrected chi connectivity index (χ1v) is 7.82. The Bertz CT molecular complexity index is 573. The molecule has 2 N–H and O–H groups in total. The summed E-state index contributed by atoms with van der Waals surface area (Å²) in [6.07, 6.45) is 0. The lowest BCUT2D eigenvalue weighted by Crippen LogP contribution is -2.46. The van der Waals surface area contributed by atoms with Gasteiger partial charge < -0.3 is 10.6 Å². The molecule has 5 heteroatoms. The number of hydrogen-bond donors (Lipinski definition) is 1. The molecule has 1 aliphatic rings. The fourth-order valence-corrected chi connectivity index (χ4v) is 3.17. The number of piperazine rings is 1. The number of hydrogen-bond acceptors (Lipinski definition) is 5. The summed E-state index contributed by atoms with van der Waals surface area (Å²) in [7, 11) is 0. The molecule has 0 unspecified atom stereocenters. The summed E-state index contributed by atoms with van der Waals surface area (Å²) in [6.45, 7) is 7.35. The molecule has 3 rings (SSSR count). The van der Waals surface area contributed by atoms with E-state index in [2.05, 4.69) is 51.4 Å². The van der Waals surface area contributed by atoms with Crippen molar-refractivity contribution < 1.29 is 0 Å². The average molecular weight is 288 g/mol. The molecule has 0 bridgehead atoms. The minimum absolute atomic E-state index is 0.665. The summed E-state index contributed by atoms with van der Waals surface area (Å²) in [5.41, 5.74) is 9.43. The number of aromatic nitrogens is 1. The van der Waals surface area contributed by atoms with Gasteiger partial charge in [0.25, 0.3) is 0 Å². The van der Waals surface area contributed by atoms with Gasteiger partial charge in [-0.15, -0.1) is 11.3 Å². The number of rotatable bonds is 3. The van der Waals surface area contributed by atoms with Crippen LogP contribution < -0.4 is 10.6 Å². The molecule has 4 nitrogen and oxygen atoms in total. The quantitative estimate of drug-likeness (QED) is 0.942. The number of nitrogens with two attached hydrogens (primary N) is 1. The first-order valence-electron chi connectivity index (χ1n) is 6.94. The standard InChI is InChI=1S/C15H20N4S/c1-12-3-2-4-14(9-12)19-7-5-18(6-8-19)10-13-11-20-15(16)17-13/h2-4,9,11H,5-8,10H2,1H3,(H2,16,17). The van der Waals surface area contributed by atoms with Gasteiger partial charge in [-0.3, -0.25) is 4.90 Å². The SMILES string of the molecule is Cc1cccc(N2CCN(Cc3csc(N)n3)CC2)c1. The van der Waals surface area contributed by atoms with Crippen LogP contribution in [0.5, 0.6) is 0 Å². The largest absolute Gasteiger partial charge is 0.375 e. The molecule has 1 aliphatic heterocycles. The van der Waals surface area contributed by atoms with Gasteiger partial charge in [0.1, 0.15) is 0 Å². The lowest BCUT2D eigenvalue weighted by atomic mass is 10.2. The van der Waals surface area contributed by atoms with Crippen molar-refractivity contribution in [2.75, 3.05) is 36.8 Å². The predicted molar refractivity (Wildman–Crippen MR) is 85.2 cm³/mol. The third-order valence-electron chi connectivity index (χ3n) is 3.69. The number of anilines is 2. The van der Waals surface area contributed by atoms with E-state index in [1.54, 1.807) is 0 Å². The van der Waals surface area contributed by atoms with E-state index in [4.69, 9.17) is 5.73 Å². The molecular weight excluding hydrogens is 268 g/mol. The maximum atomic E-state index is 5.68. The Morgan fingerprint density at radius 1 is 1.25 bits per heavy atom. The predicted octanol–water partition coefficient (Wildman–Crippen LogP) is 2.36. The van der Waals surface area contributed by atoms with Crippen molar-refractivity contribution in [3.63, 3.8) is 0 Å². The molecule has 0 spiro atoms. The second kappa shape index (κ2) is 5.81. The highest BCUT2D eigenvalue weighted by Gasteiger charge is 2.18. The fraction of sp³-hybridized carbons (Fsp3) is 0.400. The molecule has 1 fully saturated rings. The average Bonchev–Trinajstić information content (AvgIpc) is 2.85. The summed E-state index contributed by atoms with van der Waals surface area (Å²) in [4.78, 5) is 9.24. The zero-order chi connectivity index (χ0) is 13.9. The maximum absolute atomic E-state index is 5.68. The van der Waals surface area contributed by atoms with Gasteiger partial charge in [0.05, 0.1) is 5.69 Å². The smallest absolute Gasteiger partial charge is 0.180 e. The van der Waals surface area contributed by atoms with Crippen molar-refractivity contribution >= 4 is 22.2 Å². The molecule has 0 saturated carbocycles. The summed E-state index contributed by atoms with van der Waals surface area (Å²) in [6, 6.07) is 8.74. The van der Waals surface area contributed by atoms with Crippen LogP contribution in [0.4, 0.5) is 10.8 Å². The Morgan fingerprint density at radius 3 is 2.70 bits per heavy atom. The maximum Gasteiger partial charge on any atom is 0.180 e. The highest BCUT2D eigenvalue weighted by molar-refractivity contribution is 7.13.